The minimum atomic E-state index is 0.0626. The number of alkyl halides is 1. The van der Waals surface area contributed by atoms with Crippen LogP contribution in [-0.2, 0) is 6.54 Å². The molecule has 0 aliphatic carbocycles. The third-order valence-corrected chi connectivity index (χ3v) is 3.58. The Bertz CT molecular complexity index is 344. The molecule has 1 aromatic rings. The molecular formula is C10H13Br2NO. The average Bonchev–Trinajstić information content (AvgIpc) is 2.19. The Balaban J connectivity index is 2.85. The van der Waals surface area contributed by atoms with E-state index in [0.29, 0.717) is 5.92 Å². The van der Waals surface area contributed by atoms with Crippen LogP contribution < -0.4 is 5.56 Å². The SMILES string of the molecule is CCC(CBr)Cn1cc(Br)ccc1=O. The molecule has 0 bridgehead atoms. The second-order valence-corrected chi connectivity index (χ2v) is 4.83. The standard InChI is InChI=1S/C10H13Br2NO/c1-2-8(5-11)6-13-7-9(12)3-4-10(13)14/h3-4,7-8H,2,5-6H2,1H3. The summed E-state index contributed by atoms with van der Waals surface area (Å²) in [6.07, 6.45) is 2.91. The fourth-order valence-electron chi connectivity index (χ4n) is 1.21. The van der Waals surface area contributed by atoms with Gasteiger partial charge < -0.3 is 4.57 Å². The normalized spacial score (nSPS) is 12.8. The van der Waals surface area contributed by atoms with Gasteiger partial charge in [0, 0.05) is 28.6 Å². The smallest absolute Gasteiger partial charge is 0.250 e. The second kappa shape index (κ2) is 5.71. The van der Waals surface area contributed by atoms with Crippen LogP contribution >= 0.6 is 31.9 Å². The van der Waals surface area contributed by atoms with Crippen molar-refractivity contribution in [2.75, 3.05) is 5.33 Å². The average molecular weight is 323 g/mol. The molecule has 1 atom stereocenters. The minimum Gasteiger partial charge on any atom is -0.314 e. The first kappa shape index (κ1) is 12.0. The predicted molar refractivity (Wildman–Crippen MR) is 66.0 cm³/mol. The van der Waals surface area contributed by atoms with E-state index in [-0.39, 0.29) is 5.56 Å². The van der Waals surface area contributed by atoms with E-state index < -0.39 is 0 Å². The van der Waals surface area contributed by atoms with Gasteiger partial charge in [-0.05, 0) is 27.9 Å². The highest BCUT2D eigenvalue weighted by Crippen LogP contribution is 2.11. The van der Waals surface area contributed by atoms with Gasteiger partial charge in [-0.15, -0.1) is 0 Å². The molecule has 0 saturated heterocycles. The van der Waals surface area contributed by atoms with Crippen LogP contribution in [0.25, 0.3) is 0 Å². The fourth-order valence-corrected chi connectivity index (χ4v) is 2.25. The van der Waals surface area contributed by atoms with Crippen molar-refractivity contribution in [2.24, 2.45) is 5.92 Å². The molecule has 0 aliphatic rings. The van der Waals surface area contributed by atoms with Crippen molar-refractivity contribution in [1.82, 2.24) is 4.57 Å². The Kier molecular flexibility index (Phi) is 4.89. The van der Waals surface area contributed by atoms with E-state index in [1.165, 1.54) is 0 Å². The van der Waals surface area contributed by atoms with Crippen LogP contribution in [-0.4, -0.2) is 9.90 Å². The van der Waals surface area contributed by atoms with Gasteiger partial charge in [0.25, 0.3) is 5.56 Å². The topological polar surface area (TPSA) is 22.0 Å². The highest BCUT2D eigenvalue weighted by molar-refractivity contribution is 9.10. The zero-order chi connectivity index (χ0) is 10.6. The molecule has 0 amide bonds. The molecule has 0 radical (unpaired) electrons. The van der Waals surface area contributed by atoms with Gasteiger partial charge in [0.05, 0.1) is 0 Å². The minimum absolute atomic E-state index is 0.0626. The van der Waals surface area contributed by atoms with Crippen LogP contribution in [0.4, 0.5) is 0 Å². The summed E-state index contributed by atoms with van der Waals surface area (Å²) in [4.78, 5) is 11.5. The number of pyridine rings is 1. The molecule has 0 aromatic carbocycles. The van der Waals surface area contributed by atoms with Crippen molar-refractivity contribution in [1.29, 1.82) is 0 Å². The summed E-state index contributed by atoms with van der Waals surface area (Å²) in [5.41, 5.74) is 0.0626. The largest absolute Gasteiger partial charge is 0.314 e. The van der Waals surface area contributed by atoms with Crippen LogP contribution in [0.1, 0.15) is 13.3 Å². The lowest BCUT2D eigenvalue weighted by Gasteiger charge is -2.13. The van der Waals surface area contributed by atoms with Gasteiger partial charge in [-0.1, -0.05) is 29.3 Å². The van der Waals surface area contributed by atoms with Gasteiger partial charge in [0.15, 0.2) is 0 Å². The Labute approximate surface area is 101 Å². The maximum absolute atomic E-state index is 11.5. The third kappa shape index (κ3) is 3.24. The van der Waals surface area contributed by atoms with E-state index in [1.54, 1.807) is 16.7 Å². The summed E-state index contributed by atoms with van der Waals surface area (Å²) in [5, 5.41) is 0.933. The molecular weight excluding hydrogens is 310 g/mol. The summed E-state index contributed by atoms with van der Waals surface area (Å²) >= 11 is 6.81. The number of halogens is 2. The first-order valence-electron chi connectivity index (χ1n) is 4.59. The predicted octanol–water partition coefficient (Wildman–Crippen LogP) is 3.03. The van der Waals surface area contributed by atoms with Crippen molar-refractivity contribution >= 4 is 31.9 Å². The lowest BCUT2D eigenvalue weighted by atomic mass is 10.1. The molecule has 2 nitrogen and oxygen atoms in total. The monoisotopic (exact) mass is 321 g/mol. The number of hydrogen-bond donors (Lipinski definition) is 0. The number of nitrogens with zero attached hydrogens (tertiary/aromatic N) is 1. The van der Waals surface area contributed by atoms with E-state index in [2.05, 4.69) is 38.8 Å². The molecule has 78 valence electrons. The third-order valence-electron chi connectivity index (χ3n) is 2.20. The molecule has 1 rings (SSSR count). The molecule has 14 heavy (non-hydrogen) atoms. The van der Waals surface area contributed by atoms with E-state index in [1.807, 2.05) is 6.20 Å². The first-order valence-corrected chi connectivity index (χ1v) is 6.50. The highest BCUT2D eigenvalue weighted by Gasteiger charge is 2.06. The van der Waals surface area contributed by atoms with Gasteiger partial charge in [0.2, 0.25) is 0 Å². The molecule has 1 unspecified atom stereocenters. The van der Waals surface area contributed by atoms with E-state index in [0.717, 1.165) is 22.8 Å². The van der Waals surface area contributed by atoms with Crippen molar-refractivity contribution in [3.05, 3.63) is 33.2 Å². The fraction of sp³-hybridized carbons (Fsp3) is 0.500. The number of aromatic nitrogens is 1. The Morgan fingerprint density at radius 1 is 1.50 bits per heavy atom. The van der Waals surface area contributed by atoms with Gasteiger partial charge in [-0.25, -0.2) is 0 Å². The van der Waals surface area contributed by atoms with Crippen LogP contribution in [0.5, 0.6) is 0 Å². The van der Waals surface area contributed by atoms with Crippen molar-refractivity contribution in [3.63, 3.8) is 0 Å². The van der Waals surface area contributed by atoms with Crippen molar-refractivity contribution in [3.8, 4) is 0 Å². The summed E-state index contributed by atoms with van der Waals surface area (Å²) in [6.45, 7) is 2.91. The van der Waals surface area contributed by atoms with E-state index >= 15 is 0 Å². The lowest BCUT2D eigenvalue weighted by molar-refractivity contribution is 0.469. The summed E-state index contributed by atoms with van der Waals surface area (Å²) in [5.74, 6) is 0.516. The summed E-state index contributed by atoms with van der Waals surface area (Å²) < 4.78 is 2.70. The number of rotatable bonds is 4. The quantitative estimate of drug-likeness (QED) is 0.781. The molecule has 1 aromatic heterocycles. The molecule has 0 aliphatic heterocycles. The molecule has 0 saturated carbocycles. The molecule has 4 heteroatoms. The van der Waals surface area contributed by atoms with Crippen molar-refractivity contribution in [2.45, 2.75) is 19.9 Å². The van der Waals surface area contributed by atoms with E-state index in [4.69, 9.17) is 0 Å². The molecule has 0 fully saturated rings. The summed E-state index contributed by atoms with van der Waals surface area (Å²) in [6, 6.07) is 3.36. The summed E-state index contributed by atoms with van der Waals surface area (Å²) in [7, 11) is 0. The van der Waals surface area contributed by atoms with Crippen LogP contribution in [0.15, 0.2) is 27.6 Å². The van der Waals surface area contributed by atoms with Gasteiger partial charge >= 0.3 is 0 Å². The zero-order valence-electron chi connectivity index (χ0n) is 8.04. The number of hydrogen-bond acceptors (Lipinski definition) is 1. The van der Waals surface area contributed by atoms with Crippen LogP contribution in [0.3, 0.4) is 0 Å². The van der Waals surface area contributed by atoms with Crippen LogP contribution in [0, 0.1) is 5.92 Å². The Hall–Kier alpha value is -0.0900. The maximum atomic E-state index is 11.5. The van der Waals surface area contributed by atoms with Crippen LogP contribution in [0.2, 0.25) is 0 Å². The Morgan fingerprint density at radius 3 is 2.79 bits per heavy atom. The second-order valence-electron chi connectivity index (χ2n) is 3.27. The molecule has 1 heterocycles. The van der Waals surface area contributed by atoms with Crippen molar-refractivity contribution < 1.29 is 0 Å². The van der Waals surface area contributed by atoms with Gasteiger partial charge in [-0.2, -0.15) is 0 Å². The molecule has 0 N–H and O–H groups in total. The van der Waals surface area contributed by atoms with Gasteiger partial charge in [0.1, 0.15) is 0 Å². The maximum Gasteiger partial charge on any atom is 0.250 e. The zero-order valence-corrected chi connectivity index (χ0v) is 11.2. The lowest BCUT2D eigenvalue weighted by Crippen LogP contribution is -2.23. The van der Waals surface area contributed by atoms with Gasteiger partial charge in [-0.3, -0.25) is 4.79 Å². The highest BCUT2D eigenvalue weighted by atomic mass is 79.9. The molecule has 0 spiro atoms. The first-order chi connectivity index (χ1) is 6.67. The van der Waals surface area contributed by atoms with E-state index in [9.17, 15) is 4.79 Å². The Morgan fingerprint density at radius 2 is 2.21 bits per heavy atom.